The van der Waals surface area contributed by atoms with Crippen LogP contribution in [-0.2, 0) is 0 Å². The van der Waals surface area contributed by atoms with E-state index in [0.717, 1.165) is 18.4 Å². The molecule has 1 aromatic rings. The lowest BCUT2D eigenvalue weighted by Gasteiger charge is -2.25. The lowest BCUT2D eigenvalue weighted by molar-refractivity contribution is 0.355. The Hall–Kier alpha value is -1.09. The minimum absolute atomic E-state index is 0.199. The number of rotatable bonds is 6. The Bertz CT molecular complexity index is 350. The van der Waals surface area contributed by atoms with Gasteiger partial charge in [0.15, 0.2) is 11.6 Å². The Morgan fingerprint density at radius 1 is 1.29 bits per heavy atom. The summed E-state index contributed by atoms with van der Waals surface area (Å²) in [6, 6.07) is 5.39. The normalized spacial score (nSPS) is 12.8. The molecule has 96 valence electrons. The molecule has 0 radical (unpaired) electrons. The first-order valence-electron chi connectivity index (χ1n) is 6.18. The zero-order chi connectivity index (χ0) is 12.8. The fourth-order valence-corrected chi connectivity index (χ4v) is 2.31. The number of halogens is 1. The lowest BCUT2D eigenvalue weighted by atomic mass is 9.89. The molecule has 0 aromatic heterocycles. The lowest BCUT2D eigenvalue weighted by Crippen LogP contribution is -2.24. The van der Waals surface area contributed by atoms with Gasteiger partial charge >= 0.3 is 0 Å². The second kappa shape index (κ2) is 6.60. The monoisotopic (exact) mass is 239 g/mol. The van der Waals surface area contributed by atoms with Crippen LogP contribution < -0.4 is 10.1 Å². The second-order valence-corrected chi connectivity index (χ2v) is 4.24. The number of ether oxygens (including phenoxy) is 1. The van der Waals surface area contributed by atoms with Crippen LogP contribution in [0, 0.1) is 11.7 Å². The third-order valence-electron chi connectivity index (χ3n) is 3.37. The van der Waals surface area contributed by atoms with E-state index >= 15 is 0 Å². The van der Waals surface area contributed by atoms with Gasteiger partial charge in [0.1, 0.15) is 0 Å². The molecule has 0 saturated heterocycles. The van der Waals surface area contributed by atoms with Crippen LogP contribution in [-0.4, -0.2) is 14.2 Å². The molecule has 1 N–H and O–H groups in total. The number of hydrogen-bond acceptors (Lipinski definition) is 2. The average Bonchev–Trinajstić information content (AvgIpc) is 2.35. The number of methoxy groups -OCH3 is 1. The molecule has 0 spiro atoms. The van der Waals surface area contributed by atoms with Gasteiger partial charge in [-0.2, -0.15) is 0 Å². The Morgan fingerprint density at radius 2 is 1.94 bits per heavy atom. The third kappa shape index (κ3) is 3.19. The molecule has 0 aliphatic carbocycles. The third-order valence-corrected chi connectivity index (χ3v) is 3.37. The van der Waals surface area contributed by atoms with E-state index in [0.29, 0.717) is 11.7 Å². The van der Waals surface area contributed by atoms with Crippen LogP contribution in [0.15, 0.2) is 18.2 Å². The highest BCUT2D eigenvalue weighted by Gasteiger charge is 2.19. The maximum atomic E-state index is 13.7. The van der Waals surface area contributed by atoms with Crippen LogP contribution in [0.25, 0.3) is 0 Å². The van der Waals surface area contributed by atoms with E-state index in [9.17, 15) is 4.39 Å². The molecular formula is C14H22FNO. The molecule has 2 nitrogen and oxygen atoms in total. The van der Waals surface area contributed by atoms with Crippen LogP contribution in [0.3, 0.4) is 0 Å². The van der Waals surface area contributed by atoms with Crippen molar-refractivity contribution in [2.24, 2.45) is 5.92 Å². The van der Waals surface area contributed by atoms with E-state index < -0.39 is 0 Å². The van der Waals surface area contributed by atoms with Crippen molar-refractivity contribution in [2.45, 2.75) is 32.7 Å². The smallest absolute Gasteiger partial charge is 0.165 e. The van der Waals surface area contributed by atoms with Crippen LogP contribution in [0.1, 0.15) is 38.3 Å². The summed E-state index contributed by atoms with van der Waals surface area (Å²) in [5.41, 5.74) is 0.986. The van der Waals surface area contributed by atoms with Crippen LogP contribution in [0.2, 0.25) is 0 Å². The maximum absolute atomic E-state index is 13.7. The summed E-state index contributed by atoms with van der Waals surface area (Å²) >= 11 is 0. The molecular weight excluding hydrogens is 217 g/mol. The Balaban J connectivity index is 3.00. The van der Waals surface area contributed by atoms with Gasteiger partial charge in [-0.15, -0.1) is 0 Å². The molecule has 17 heavy (non-hydrogen) atoms. The first kappa shape index (κ1) is 14.0. The summed E-state index contributed by atoms with van der Waals surface area (Å²) in [4.78, 5) is 0. The maximum Gasteiger partial charge on any atom is 0.165 e. The molecule has 1 aromatic carbocycles. The standard InChI is InChI=1S/C14H22FNO/c1-5-10(6-2)14(16-3)11-7-8-13(17-4)12(15)9-11/h7-10,14,16H,5-6H2,1-4H3. The molecule has 0 aliphatic heterocycles. The SMILES string of the molecule is CCC(CC)C(NC)c1ccc(OC)c(F)c1. The molecule has 0 aliphatic rings. The van der Waals surface area contributed by atoms with Gasteiger partial charge in [0.2, 0.25) is 0 Å². The largest absolute Gasteiger partial charge is 0.494 e. The summed E-state index contributed by atoms with van der Waals surface area (Å²) in [6.45, 7) is 4.33. The predicted octanol–water partition coefficient (Wildman–Crippen LogP) is 3.53. The van der Waals surface area contributed by atoms with Crippen molar-refractivity contribution < 1.29 is 9.13 Å². The molecule has 1 atom stereocenters. The molecule has 1 rings (SSSR count). The Kier molecular flexibility index (Phi) is 5.42. The van der Waals surface area contributed by atoms with Gasteiger partial charge < -0.3 is 10.1 Å². The average molecular weight is 239 g/mol. The van der Waals surface area contributed by atoms with Crippen LogP contribution >= 0.6 is 0 Å². The van der Waals surface area contributed by atoms with Gasteiger partial charge in [0.25, 0.3) is 0 Å². The van der Waals surface area contributed by atoms with E-state index in [1.165, 1.54) is 7.11 Å². The van der Waals surface area contributed by atoms with Crippen molar-refractivity contribution >= 4 is 0 Å². The quantitative estimate of drug-likeness (QED) is 0.820. The van der Waals surface area contributed by atoms with Gasteiger partial charge in [0, 0.05) is 6.04 Å². The number of nitrogens with one attached hydrogen (secondary N) is 1. The summed E-state index contributed by atoms with van der Waals surface area (Å²) in [6.07, 6.45) is 2.16. The zero-order valence-electron chi connectivity index (χ0n) is 11.1. The van der Waals surface area contributed by atoms with Gasteiger partial charge in [-0.3, -0.25) is 0 Å². The van der Waals surface area contributed by atoms with Gasteiger partial charge in [0.05, 0.1) is 7.11 Å². The first-order chi connectivity index (χ1) is 8.17. The summed E-state index contributed by atoms with van der Waals surface area (Å²) in [7, 11) is 3.40. The number of benzene rings is 1. The molecule has 0 fully saturated rings. The van der Waals surface area contributed by atoms with E-state index in [-0.39, 0.29) is 11.9 Å². The van der Waals surface area contributed by atoms with Crippen LogP contribution in [0.4, 0.5) is 4.39 Å². The number of hydrogen-bond donors (Lipinski definition) is 1. The topological polar surface area (TPSA) is 21.3 Å². The second-order valence-electron chi connectivity index (χ2n) is 4.24. The fourth-order valence-electron chi connectivity index (χ4n) is 2.31. The van der Waals surface area contributed by atoms with Gasteiger partial charge in [-0.25, -0.2) is 4.39 Å². The Morgan fingerprint density at radius 3 is 2.35 bits per heavy atom. The fraction of sp³-hybridized carbons (Fsp3) is 0.571. The molecule has 3 heteroatoms. The highest BCUT2D eigenvalue weighted by molar-refractivity contribution is 5.31. The van der Waals surface area contributed by atoms with Gasteiger partial charge in [-0.1, -0.05) is 32.8 Å². The van der Waals surface area contributed by atoms with Crippen LogP contribution in [0.5, 0.6) is 5.75 Å². The van der Waals surface area contributed by atoms with E-state index in [1.807, 2.05) is 13.1 Å². The van der Waals surface area contributed by atoms with Crippen molar-refractivity contribution in [2.75, 3.05) is 14.2 Å². The van der Waals surface area contributed by atoms with E-state index in [4.69, 9.17) is 4.74 Å². The van der Waals surface area contributed by atoms with E-state index in [2.05, 4.69) is 19.2 Å². The van der Waals surface area contributed by atoms with Crippen molar-refractivity contribution in [1.82, 2.24) is 5.32 Å². The van der Waals surface area contributed by atoms with Crippen molar-refractivity contribution in [3.8, 4) is 5.75 Å². The van der Waals surface area contributed by atoms with Crippen molar-refractivity contribution in [1.29, 1.82) is 0 Å². The highest BCUT2D eigenvalue weighted by atomic mass is 19.1. The van der Waals surface area contributed by atoms with Crippen molar-refractivity contribution in [3.63, 3.8) is 0 Å². The molecule has 0 bridgehead atoms. The minimum Gasteiger partial charge on any atom is -0.494 e. The minimum atomic E-state index is -0.295. The Labute approximate surface area is 103 Å². The molecule has 0 amide bonds. The first-order valence-corrected chi connectivity index (χ1v) is 6.18. The van der Waals surface area contributed by atoms with Gasteiger partial charge in [-0.05, 0) is 30.7 Å². The van der Waals surface area contributed by atoms with Crippen molar-refractivity contribution in [3.05, 3.63) is 29.6 Å². The summed E-state index contributed by atoms with van der Waals surface area (Å²) < 4.78 is 18.6. The highest BCUT2D eigenvalue weighted by Crippen LogP contribution is 2.29. The summed E-state index contributed by atoms with van der Waals surface area (Å²) in [5.74, 6) is 0.525. The molecule has 1 unspecified atom stereocenters. The van der Waals surface area contributed by atoms with E-state index in [1.54, 1.807) is 12.1 Å². The predicted molar refractivity (Wildman–Crippen MR) is 68.8 cm³/mol. The molecule has 0 heterocycles. The zero-order valence-corrected chi connectivity index (χ0v) is 11.1. The molecule has 0 saturated carbocycles. The summed E-state index contributed by atoms with van der Waals surface area (Å²) in [5, 5.41) is 3.28.